The number of nitrogens with zero attached hydrogens (tertiary/aromatic N) is 2. The molecular formula is C12H23N3O4. The van der Waals surface area contributed by atoms with E-state index >= 15 is 0 Å². The number of urea groups is 1. The Morgan fingerprint density at radius 3 is 2.16 bits per heavy atom. The van der Waals surface area contributed by atoms with Crippen molar-refractivity contribution in [3.05, 3.63) is 0 Å². The molecule has 0 aliphatic carbocycles. The molecule has 0 aromatic carbocycles. The van der Waals surface area contributed by atoms with Crippen molar-refractivity contribution in [2.45, 2.75) is 32.7 Å². The summed E-state index contributed by atoms with van der Waals surface area (Å²) < 4.78 is 0. The average Bonchev–Trinajstić information content (AvgIpc) is 2.34. The van der Waals surface area contributed by atoms with Crippen LogP contribution in [0.15, 0.2) is 0 Å². The summed E-state index contributed by atoms with van der Waals surface area (Å²) in [6.07, 6.45) is 0.987. The van der Waals surface area contributed by atoms with Gasteiger partial charge in [0.1, 0.15) is 12.6 Å². The van der Waals surface area contributed by atoms with Crippen LogP contribution in [0.1, 0.15) is 26.7 Å². The van der Waals surface area contributed by atoms with Gasteiger partial charge in [0.2, 0.25) is 5.91 Å². The van der Waals surface area contributed by atoms with Crippen LogP contribution in [-0.4, -0.2) is 66.0 Å². The molecule has 2 N–H and O–H groups in total. The zero-order chi connectivity index (χ0) is 15.0. The third-order valence-corrected chi connectivity index (χ3v) is 2.61. The molecule has 3 amide bonds. The first kappa shape index (κ1) is 17.2. The van der Waals surface area contributed by atoms with Crippen LogP contribution in [0.4, 0.5) is 4.79 Å². The molecule has 0 radical (unpaired) electrons. The number of carboxylic acids is 1. The summed E-state index contributed by atoms with van der Waals surface area (Å²) in [7, 11) is 3.22. The fourth-order valence-electron chi connectivity index (χ4n) is 1.41. The highest BCUT2D eigenvalue weighted by Crippen LogP contribution is 1.98. The molecule has 0 saturated carbocycles. The quantitative estimate of drug-likeness (QED) is 0.700. The van der Waals surface area contributed by atoms with Crippen LogP contribution in [0.2, 0.25) is 0 Å². The van der Waals surface area contributed by atoms with Gasteiger partial charge in [-0.2, -0.15) is 0 Å². The molecule has 0 heterocycles. The van der Waals surface area contributed by atoms with E-state index in [4.69, 9.17) is 5.11 Å². The Labute approximate surface area is 113 Å². The van der Waals surface area contributed by atoms with Gasteiger partial charge in [-0.3, -0.25) is 4.79 Å². The van der Waals surface area contributed by atoms with Crippen molar-refractivity contribution in [2.24, 2.45) is 0 Å². The molecule has 0 aliphatic rings. The van der Waals surface area contributed by atoms with Crippen LogP contribution in [0.3, 0.4) is 0 Å². The Bertz CT molecular complexity index is 331. The molecule has 7 heteroatoms. The smallest absolute Gasteiger partial charge is 0.326 e. The van der Waals surface area contributed by atoms with Gasteiger partial charge in [-0.05, 0) is 12.8 Å². The average molecular weight is 273 g/mol. The normalized spacial score (nSPS) is 11.6. The maximum absolute atomic E-state index is 11.9. The van der Waals surface area contributed by atoms with Crippen LogP contribution in [0, 0.1) is 0 Å². The maximum Gasteiger partial charge on any atom is 0.326 e. The molecule has 19 heavy (non-hydrogen) atoms. The lowest BCUT2D eigenvalue weighted by Gasteiger charge is -2.25. The summed E-state index contributed by atoms with van der Waals surface area (Å²) in [6, 6.07) is -1.45. The fourth-order valence-corrected chi connectivity index (χ4v) is 1.41. The van der Waals surface area contributed by atoms with Gasteiger partial charge < -0.3 is 20.2 Å². The van der Waals surface area contributed by atoms with Crippen LogP contribution in [0.5, 0.6) is 0 Å². The first-order valence-electron chi connectivity index (χ1n) is 6.31. The molecule has 1 atom stereocenters. The zero-order valence-electron chi connectivity index (χ0n) is 12.0. The Kier molecular flexibility index (Phi) is 7.55. The number of hydrogen-bond acceptors (Lipinski definition) is 3. The number of carboxylic acid groups (broad SMARTS) is 1. The monoisotopic (exact) mass is 273 g/mol. The van der Waals surface area contributed by atoms with E-state index in [1.807, 2.05) is 6.92 Å². The number of rotatable bonds is 7. The van der Waals surface area contributed by atoms with E-state index < -0.39 is 18.0 Å². The summed E-state index contributed by atoms with van der Waals surface area (Å²) in [4.78, 5) is 37.1. The fraction of sp³-hybridized carbons (Fsp3) is 0.750. The highest BCUT2D eigenvalue weighted by molar-refractivity contribution is 5.86. The van der Waals surface area contributed by atoms with Crippen molar-refractivity contribution in [1.29, 1.82) is 0 Å². The summed E-state index contributed by atoms with van der Waals surface area (Å²) in [5.74, 6) is -1.28. The lowest BCUT2D eigenvalue weighted by molar-refractivity contribution is -0.139. The van der Waals surface area contributed by atoms with E-state index in [9.17, 15) is 14.4 Å². The van der Waals surface area contributed by atoms with Crippen molar-refractivity contribution in [3.63, 3.8) is 0 Å². The highest BCUT2D eigenvalue weighted by Gasteiger charge is 2.23. The molecule has 0 saturated heterocycles. The van der Waals surface area contributed by atoms with Crippen LogP contribution < -0.4 is 5.32 Å². The lowest BCUT2D eigenvalue weighted by Crippen LogP contribution is -2.50. The lowest BCUT2D eigenvalue weighted by atomic mass is 10.2. The second kappa shape index (κ2) is 8.34. The van der Waals surface area contributed by atoms with Crippen molar-refractivity contribution < 1.29 is 19.5 Å². The molecule has 110 valence electrons. The minimum absolute atomic E-state index is 0.0529. The van der Waals surface area contributed by atoms with Crippen molar-refractivity contribution >= 4 is 17.9 Å². The van der Waals surface area contributed by atoms with Gasteiger partial charge >= 0.3 is 12.0 Å². The standard InChI is InChI=1S/C12H23N3O4/c1-5-7-15(8-10(16)14(3)4)12(19)13-9(6-2)11(17)18/h9H,5-8H2,1-4H3,(H,13,19)(H,17,18)/t9-/m0/s1. The largest absolute Gasteiger partial charge is 0.480 e. The van der Waals surface area contributed by atoms with Gasteiger partial charge in [-0.1, -0.05) is 13.8 Å². The topological polar surface area (TPSA) is 90.0 Å². The number of nitrogens with one attached hydrogen (secondary N) is 1. The summed E-state index contributed by atoms with van der Waals surface area (Å²) in [6.45, 7) is 3.91. The summed E-state index contributed by atoms with van der Waals surface area (Å²) in [5.41, 5.74) is 0. The van der Waals surface area contributed by atoms with Crippen molar-refractivity contribution in [1.82, 2.24) is 15.1 Å². The molecule has 0 unspecified atom stereocenters. The molecule has 0 fully saturated rings. The molecule has 0 bridgehead atoms. The van der Waals surface area contributed by atoms with Gasteiger partial charge in [0.25, 0.3) is 0 Å². The maximum atomic E-state index is 11.9. The minimum atomic E-state index is -1.08. The number of amides is 3. The van der Waals surface area contributed by atoms with Crippen molar-refractivity contribution in [2.75, 3.05) is 27.2 Å². The summed E-state index contributed by atoms with van der Waals surface area (Å²) >= 11 is 0. The van der Waals surface area contributed by atoms with E-state index in [0.717, 1.165) is 0 Å². The number of hydrogen-bond donors (Lipinski definition) is 2. The van der Waals surface area contributed by atoms with Crippen LogP contribution in [0.25, 0.3) is 0 Å². The molecular weight excluding hydrogens is 250 g/mol. The third kappa shape index (κ3) is 6.08. The molecule has 0 spiro atoms. The van der Waals surface area contributed by atoms with E-state index in [1.54, 1.807) is 21.0 Å². The number of aliphatic carboxylic acids is 1. The molecule has 0 aliphatic heterocycles. The number of carbonyl (C=O) groups excluding carboxylic acids is 2. The first-order valence-corrected chi connectivity index (χ1v) is 6.31. The number of likely N-dealkylation sites (N-methyl/N-ethyl adjacent to an activating group) is 1. The molecule has 0 aromatic rings. The van der Waals surface area contributed by atoms with Crippen molar-refractivity contribution in [3.8, 4) is 0 Å². The molecule has 0 rings (SSSR count). The van der Waals surface area contributed by atoms with E-state index in [0.29, 0.717) is 19.4 Å². The Morgan fingerprint density at radius 1 is 1.21 bits per heavy atom. The van der Waals surface area contributed by atoms with Crippen LogP contribution >= 0.6 is 0 Å². The van der Waals surface area contributed by atoms with Gasteiger partial charge in [-0.25, -0.2) is 9.59 Å². The predicted molar refractivity (Wildman–Crippen MR) is 70.8 cm³/mol. The predicted octanol–water partition coefficient (Wildman–Crippen LogP) is 0.359. The second-order valence-electron chi connectivity index (χ2n) is 4.46. The van der Waals surface area contributed by atoms with E-state index in [-0.39, 0.29) is 12.5 Å². The van der Waals surface area contributed by atoms with E-state index in [2.05, 4.69) is 5.32 Å². The van der Waals surface area contributed by atoms with Gasteiger partial charge in [0.15, 0.2) is 0 Å². The highest BCUT2D eigenvalue weighted by atomic mass is 16.4. The number of carbonyl (C=O) groups is 3. The first-order chi connectivity index (χ1) is 8.83. The van der Waals surface area contributed by atoms with E-state index in [1.165, 1.54) is 9.80 Å². The second-order valence-corrected chi connectivity index (χ2v) is 4.46. The Balaban J connectivity index is 4.65. The molecule has 0 aromatic heterocycles. The van der Waals surface area contributed by atoms with Crippen LogP contribution in [-0.2, 0) is 9.59 Å². The van der Waals surface area contributed by atoms with Gasteiger partial charge in [-0.15, -0.1) is 0 Å². The van der Waals surface area contributed by atoms with Gasteiger partial charge in [0.05, 0.1) is 0 Å². The zero-order valence-corrected chi connectivity index (χ0v) is 12.0. The Morgan fingerprint density at radius 2 is 1.79 bits per heavy atom. The Hall–Kier alpha value is -1.79. The SMILES string of the molecule is CCCN(CC(=O)N(C)C)C(=O)N[C@@H](CC)C(=O)O. The summed E-state index contributed by atoms with van der Waals surface area (Å²) in [5, 5.41) is 11.3. The van der Waals surface area contributed by atoms with Gasteiger partial charge in [0, 0.05) is 20.6 Å². The third-order valence-electron chi connectivity index (χ3n) is 2.61. The molecule has 7 nitrogen and oxygen atoms in total. The minimum Gasteiger partial charge on any atom is -0.480 e.